The van der Waals surface area contributed by atoms with Gasteiger partial charge in [-0.1, -0.05) is 24.3 Å². The van der Waals surface area contributed by atoms with Gasteiger partial charge in [0.2, 0.25) is 0 Å². The van der Waals surface area contributed by atoms with Crippen molar-refractivity contribution >= 4 is 28.6 Å². The number of benzene rings is 3. The number of quaternary nitrogens is 1. The van der Waals surface area contributed by atoms with E-state index in [-0.39, 0.29) is 35.0 Å². The molecule has 1 fully saturated rings. The molecule has 186 valence electrons. The van der Waals surface area contributed by atoms with E-state index in [4.69, 9.17) is 15.2 Å². The van der Waals surface area contributed by atoms with Gasteiger partial charge < -0.3 is 30.1 Å². The summed E-state index contributed by atoms with van der Waals surface area (Å²) in [6.45, 7) is 3.99. The minimum atomic E-state index is -0.585. The molecule has 0 saturated carbocycles. The molecule has 1 unspecified atom stereocenters. The highest BCUT2D eigenvalue weighted by Crippen LogP contribution is 2.36. The van der Waals surface area contributed by atoms with Gasteiger partial charge in [-0.15, -0.1) is 0 Å². The quantitative estimate of drug-likeness (QED) is 0.271. The van der Waals surface area contributed by atoms with Crippen molar-refractivity contribution in [3.05, 3.63) is 82.9 Å². The molecule has 1 aliphatic carbocycles. The molecule has 8 heteroatoms. The molecule has 0 bridgehead atoms. The fraction of sp³-hybridized carbons (Fsp3) is 0.286. The highest BCUT2D eigenvalue weighted by Gasteiger charge is 2.33. The summed E-state index contributed by atoms with van der Waals surface area (Å²) in [5.74, 6) is 0.140. The Morgan fingerprint density at radius 1 is 0.972 bits per heavy atom. The van der Waals surface area contributed by atoms with Crippen molar-refractivity contribution in [1.29, 1.82) is 0 Å². The number of nitrogens with zero attached hydrogens (tertiary/aromatic N) is 1. The van der Waals surface area contributed by atoms with Crippen LogP contribution in [0.2, 0.25) is 0 Å². The maximum absolute atomic E-state index is 13.3. The molecule has 3 aromatic carbocycles. The molecule has 2 aliphatic rings. The Labute approximate surface area is 209 Å². The lowest BCUT2D eigenvalue weighted by Crippen LogP contribution is -2.56. The lowest BCUT2D eigenvalue weighted by molar-refractivity contribution is -0.919. The number of carbonyl (C=O) groups is 2. The zero-order chi connectivity index (χ0) is 25.3. The lowest BCUT2D eigenvalue weighted by Gasteiger charge is -2.38. The van der Waals surface area contributed by atoms with E-state index in [0.29, 0.717) is 42.3 Å². The van der Waals surface area contributed by atoms with Crippen molar-refractivity contribution in [2.75, 3.05) is 57.6 Å². The first kappa shape index (κ1) is 24.0. The van der Waals surface area contributed by atoms with Gasteiger partial charge in [0.05, 0.1) is 37.1 Å². The number of fused-ring (bicyclic) bond motifs is 2. The van der Waals surface area contributed by atoms with E-state index in [1.165, 1.54) is 0 Å². The molecule has 1 atom stereocenters. The molecule has 0 spiro atoms. The first-order valence-electron chi connectivity index (χ1n) is 12.0. The van der Waals surface area contributed by atoms with E-state index in [9.17, 15) is 14.7 Å². The van der Waals surface area contributed by atoms with Crippen LogP contribution in [0, 0.1) is 0 Å². The number of morpholine rings is 1. The number of hydrogen-bond acceptors (Lipinski definition) is 7. The van der Waals surface area contributed by atoms with Crippen molar-refractivity contribution in [3.63, 3.8) is 0 Å². The predicted octanol–water partition coefficient (Wildman–Crippen LogP) is 3.00. The monoisotopic (exact) mass is 488 g/mol. The molecule has 0 amide bonds. The molecule has 0 radical (unpaired) electrons. The Kier molecular flexibility index (Phi) is 6.49. The van der Waals surface area contributed by atoms with Crippen molar-refractivity contribution in [1.82, 2.24) is 0 Å². The number of ether oxygens (including phenoxy) is 2. The van der Waals surface area contributed by atoms with Crippen LogP contribution in [-0.2, 0) is 4.74 Å². The van der Waals surface area contributed by atoms with Gasteiger partial charge in [-0.2, -0.15) is 0 Å². The van der Waals surface area contributed by atoms with Crippen LogP contribution in [0.3, 0.4) is 0 Å². The molecule has 1 saturated heterocycles. The van der Waals surface area contributed by atoms with E-state index in [0.717, 1.165) is 23.3 Å². The van der Waals surface area contributed by atoms with Gasteiger partial charge in [0, 0.05) is 22.5 Å². The average Bonchev–Trinajstić information content (AvgIpc) is 2.88. The lowest BCUT2D eigenvalue weighted by atomic mass is 9.82. The number of ketones is 2. The molecule has 5 rings (SSSR count). The Morgan fingerprint density at radius 2 is 1.61 bits per heavy atom. The van der Waals surface area contributed by atoms with Crippen LogP contribution in [0.5, 0.6) is 5.75 Å². The summed E-state index contributed by atoms with van der Waals surface area (Å²) >= 11 is 0. The number of likely N-dealkylation sites (N-methyl/N-ethyl adjacent to an activating group) is 1. The number of hydrogen-bond donors (Lipinski definition) is 3. The van der Waals surface area contributed by atoms with Gasteiger partial charge in [-0.05, 0) is 36.4 Å². The highest BCUT2D eigenvalue weighted by molar-refractivity contribution is 6.31. The summed E-state index contributed by atoms with van der Waals surface area (Å²) in [5, 5.41) is 13.7. The molecular weight excluding hydrogens is 458 g/mol. The summed E-state index contributed by atoms with van der Waals surface area (Å²) in [5.41, 5.74) is 8.88. The number of nitrogens with one attached hydrogen (secondary N) is 1. The third-order valence-corrected chi connectivity index (χ3v) is 6.89. The van der Waals surface area contributed by atoms with Crippen LogP contribution in [0.15, 0.2) is 60.7 Å². The standard InChI is InChI=1S/C28H29N3O5/c1-31(12-14-35-15-13-31)16-19(32)17-36-20-8-6-18(7-9-20)30-24-11-10-23(29)25-26(24)28(34)22-5-3-2-4-21(22)27(25)33/h2-11,19,32H,12-17H2,1H3,(H2-,29,30,33,34)/p+1. The van der Waals surface area contributed by atoms with Crippen LogP contribution < -0.4 is 15.8 Å². The average molecular weight is 489 g/mol. The third kappa shape index (κ3) is 4.70. The normalized spacial score (nSPS) is 17.2. The van der Waals surface area contributed by atoms with Gasteiger partial charge in [-0.25, -0.2) is 0 Å². The van der Waals surface area contributed by atoms with Crippen LogP contribution in [0.25, 0.3) is 0 Å². The third-order valence-electron chi connectivity index (χ3n) is 6.89. The van der Waals surface area contributed by atoms with Crippen LogP contribution in [-0.4, -0.2) is 73.8 Å². The number of nitrogens with two attached hydrogens (primary N) is 1. The molecule has 0 aromatic heterocycles. The van der Waals surface area contributed by atoms with Crippen LogP contribution >= 0.6 is 0 Å². The van der Waals surface area contributed by atoms with Crippen molar-refractivity contribution < 1.29 is 28.7 Å². The van der Waals surface area contributed by atoms with Gasteiger partial charge in [0.1, 0.15) is 38.1 Å². The fourth-order valence-electron chi connectivity index (χ4n) is 4.86. The van der Waals surface area contributed by atoms with Crippen molar-refractivity contribution in [2.45, 2.75) is 6.10 Å². The number of nitrogen functional groups attached to an aromatic ring is 1. The highest BCUT2D eigenvalue weighted by atomic mass is 16.5. The van der Waals surface area contributed by atoms with E-state index >= 15 is 0 Å². The summed E-state index contributed by atoms with van der Waals surface area (Å²) in [6.07, 6.45) is -0.585. The Hall–Kier alpha value is -3.72. The largest absolute Gasteiger partial charge is 0.491 e. The van der Waals surface area contributed by atoms with Crippen LogP contribution in [0.4, 0.5) is 17.1 Å². The van der Waals surface area contributed by atoms with Crippen LogP contribution in [0.1, 0.15) is 31.8 Å². The number of aliphatic hydroxyl groups is 1. The SMILES string of the molecule is C[N+]1(CC(O)COc2ccc(Nc3ccc(N)c4c3C(=O)c3ccccc3C4=O)cc2)CCOCC1. The molecule has 8 nitrogen and oxygen atoms in total. The van der Waals surface area contributed by atoms with Gasteiger partial charge in [-0.3, -0.25) is 9.59 Å². The maximum atomic E-state index is 13.3. The van der Waals surface area contributed by atoms with Crippen molar-refractivity contribution in [2.24, 2.45) is 0 Å². The Balaban J connectivity index is 1.28. The summed E-state index contributed by atoms with van der Waals surface area (Å²) in [4.78, 5) is 26.4. The summed E-state index contributed by atoms with van der Waals surface area (Å²) in [6, 6.07) is 17.4. The molecule has 1 heterocycles. The molecular formula is C28H30N3O5+. The minimum Gasteiger partial charge on any atom is -0.491 e. The molecule has 3 aromatic rings. The first-order chi connectivity index (χ1) is 17.3. The summed E-state index contributed by atoms with van der Waals surface area (Å²) in [7, 11) is 2.12. The Morgan fingerprint density at radius 3 is 2.28 bits per heavy atom. The van der Waals surface area contributed by atoms with E-state index in [1.54, 1.807) is 48.5 Å². The minimum absolute atomic E-state index is 0.197. The zero-order valence-electron chi connectivity index (χ0n) is 20.2. The first-order valence-corrected chi connectivity index (χ1v) is 12.0. The molecule has 36 heavy (non-hydrogen) atoms. The van der Waals surface area contributed by atoms with Gasteiger partial charge in [0.15, 0.2) is 11.6 Å². The number of anilines is 3. The smallest absolute Gasteiger partial charge is 0.196 e. The van der Waals surface area contributed by atoms with E-state index in [1.807, 2.05) is 12.1 Å². The van der Waals surface area contributed by atoms with Crippen molar-refractivity contribution in [3.8, 4) is 5.75 Å². The summed E-state index contributed by atoms with van der Waals surface area (Å²) < 4.78 is 12.0. The van der Waals surface area contributed by atoms with Gasteiger partial charge in [0.25, 0.3) is 0 Å². The van der Waals surface area contributed by atoms with E-state index < -0.39 is 6.10 Å². The zero-order valence-corrected chi connectivity index (χ0v) is 20.2. The number of carbonyl (C=O) groups excluding carboxylic acids is 2. The maximum Gasteiger partial charge on any atom is 0.196 e. The number of rotatable bonds is 7. The topological polar surface area (TPSA) is 111 Å². The second kappa shape index (κ2) is 9.73. The second-order valence-electron chi connectivity index (χ2n) is 9.63. The Bertz CT molecular complexity index is 1300. The second-order valence-corrected chi connectivity index (χ2v) is 9.63. The van der Waals surface area contributed by atoms with Gasteiger partial charge >= 0.3 is 0 Å². The predicted molar refractivity (Wildman–Crippen MR) is 137 cm³/mol. The fourth-order valence-corrected chi connectivity index (χ4v) is 4.86. The molecule has 1 aliphatic heterocycles. The number of aliphatic hydroxyl groups excluding tert-OH is 1. The molecule has 4 N–H and O–H groups in total. The van der Waals surface area contributed by atoms with E-state index in [2.05, 4.69) is 12.4 Å².